The summed E-state index contributed by atoms with van der Waals surface area (Å²) in [7, 11) is 0. The summed E-state index contributed by atoms with van der Waals surface area (Å²) in [6.07, 6.45) is -12.0. The fraction of sp³-hybridized carbons (Fsp3) is 0.917. The molecule has 0 aromatic carbocycles. The smallest absolute Gasteiger partial charge is 0.417 e. The van der Waals surface area contributed by atoms with Gasteiger partial charge in [0.15, 0.2) is 0 Å². The number of rotatable bonds is 2. The normalized spacial score (nSPS) is 27.6. The number of nitrogens with one attached hydrogen (secondary N) is 1. The first-order valence-corrected chi connectivity index (χ1v) is 6.51. The van der Waals surface area contributed by atoms with Crippen LogP contribution in [0.15, 0.2) is 0 Å². The molecule has 3 atom stereocenters. The molecule has 1 saturated carbocycles. The molecule has 0 bridgehead atoms. The number of carbonyl (C=O) groups excluding carboxylic acids is 1. The van der Waals surface area contributed by atoms with Crippen LogP contribution in [-0.2, 0) is 4.74 Å². The predicted molar refractivity (Wildman–Crippen MR) is 61.5 cm³/mol. The van der Waals surface area contributed by atoms with Gasteiger partial charge in [0.1, 0.15) is 6.10 Å². The molecular weight excluding hydrogens is 304 g/mol. The summed E-state index contributed by atoms with van der Waals surface area (Å²) in [5.74, 6) is 0.573. The van der Waals surface area contributed by atoms with Crippen LogP contribution in [0.1, 0.15) is 33.1 Å². The molecule has 0 aromatic heterocycles. The molecule has 0 radical (unpaired) electrons. The van der Waals surface area contributed by atoms with E-state index < -0.39 is 30.6 Å². The third kappa shape index (κ3) is 5.28. The van der Waals surface area contributed by atoms with Gasteiger partial charge in [-0.05, 0) is 31.1 Å². The summed E-state index contributed by atoms with van der Waals surface area (Å²) in [5.41, 5.74) is 0. The Labute approximate surface area is 118 Å². The van der Waals surface area contributed by atoms with Gasteiger partial charge in [-0.3, -0.25) is 0 Å². The standard InChI is InChI=1S/C12H17F6NO2/c1-6-3-4-8(5-7(6)2)21-10(20)19-9(11(13,14)15)12(16,17)18/h6-9H,3-5H2,1-2H3,(H,19,20)/t6-,7-,8-/m0/s1. The van der Waals surface area contributed by atoms with Crippen molar-refractivity contribution in [2.24, 2.45) is 11.8 Å². The highest BCUT2D eigenvalue weighted by molar-refractivity contribution is 5.68. The van der Waals surface area contributed by atoms with Crippen molar-refractivity contribution >= 4 is 6.09 Å². The van der Waals surface area contributed by atoms with E-state index in [1.54, 1.807) is 0 Å². The molecule has 1 N–H and O–H groups in total. The van der Waals surface area contributed by atoms with Crippen LogP contribution in [-0.4, -0.2) is 30.6 Å². The van der Waals surface area contributed by atoms with Gasteiger partial charge >= 0.3 is 18.4 Å². The molecule has 124 valence electrons. The largest absolute Gasteiger partial charge is 0.446 e. The molecule has 1 aliphatic carbocycles. The minimum absolute atomic E-state index is 0.192. The van der Waals surface area contributed by atoms with Crippen molar-refractivity contribution in [3.05, 3.63) is 0 Å². The Morgan fingerprint density at radius 2 is 1.57 bits per heavy atom. The average molecular weight is 321 g/mol. The lowest BCUT2D eigenvalue weighted by Gasteiger charge is -2.32. The first-order valence-electron chi connectivity index (χ1n) is 6.51. The Balaban J connectivity index is 2.59. The van der Waals surface area contributed by atoms with Crippen molar-refractivity contribution in [1.82, 2.24) is 5.32 Å². The van der Waals surface area contributed by atoms with Gasteiger partial charge in [-0.1, -0.05) is 13.8 Å². The Bertz CT molecular complexity index is 354. The minimum Gasteiger partial charge on any atom is -0.446 e. The summed E-state index contributed by atoms with van der Waals surface area (Å²) >= 11 is 0. The van der Waals surface area contributed by atoms with Crippen molar-refractivity contribution in [2.45, 2.75) is 57.6 Å². The lowest BCUT2D eigenvalue weighted by Crippen LogP contribution is -2.55. The molecule has 0 spiro atoms. The van der Waals surface area contributed by atoms with Crippen LogP contribution in [0.2, 0.25) is 0 Å². The highest BCUT2D eigenvalue weighted by Gasteiger charge is 2.58. The van der Waals surface area contributed by atoms with Gasteiger partial charge in [-0.2, -0.15) is 26.3 Å². The van der Waals surface area contributed by atoms with Gasteiger partial charge in [-0.15, -0.1) is 0 Å². The quantitative estimate of drug-likeness (QED) is 0.780. The Morgan fingerprint density at radius 1 is 1.05 bits per heavy atom. The van der Waals surface area contributed by atoms with Crippen LogP contribution >= 0.6 is 0 Å². The number of hydrogen-bond donors (Lipinski definition) is 1. The number of alkyl carbamates (subject to hydrolysis) is 1. The number of alkyl halides is 6. The van der Waals surface area contributed by atoms with Gasteiger partial charge in [-0.25, -0.2) is 4.79 Å². The zero-order valence-corrected chi connectivity index (χ0v) is 11.5. The van der Waals surface area contributed by atoms with E-state index in [-0.39, 0.29) is 5.92 Å². The molecule has 3 nitrogen and oxygen atoms in total. The van der Waals surface area contributed by atoms with E-state index in [0.29, 0.717) is 25.2 Å². The number of halogens is 6. The van der Waals surface area contributed by atoms with Crippen LogP contribution in [0.25, 0.3) is 0 Å². The van der Waals surface area contributed by atoms with Gasteiger partial charge in [0.25, 0.3) is 0 Å². The topological polar surface area (TPSA) is 38.3 Å². The van der Waals surface area contributed by atoms with Gasteiger partial charge in [0.2, 0.25) is 6.04 Å². The maximum Gasteiger partial charge on any atom is 0.417 e. The molecular formula is C12H17F6NO2. The summed E-state index contributed by atoms with van der Waals surface area (Å²) in [6.45, 7) is 3.89. The molecule has 1 amide bonds. The highest BCUT2D eigenvalue weighted by Crippen LogP contribution is 2.34. The van der Waals surface area contributed by atoms with Gasteiger partial charge in [0, 0.05) is 0 Å². The number of hydrogen-bond acceptors (Lipinski definition) is 2. The van der Waals surface area contributed by atoms with Gasteiger partial charge in [0.05, 0.1) is 0 Å². The second kappa shape index (κ2) is 6.31. The van der Waals surface area contributed by atoms with E-state index in [0.717, 1.165) is 5.32 Å². The SMILES string of the molecule is C[C@H]1CC[C@H](OC(=O)NC(C(F)(F)F)C(F)(F)F)C[C@@H]1C. The van der Waals surface area contributed by atoms with E-state index in [9.17, 15) is 31.1 Å². The van der Waals surface area contributed by atoms with Gasteiger partial charge < -0.3 is 10.1 Å². The molecule has 0 aliphatic heterocycles. The molecule has 1 fully saturated rings. The zero-order valence-electron chi connectivity index (χ0n) is 11.5. The minimum atomic E-state index is -5.62. The Hall–Kier alpha value is -1.15. The molecule has 0 heterocycles. The molecule has 21 heavy (non-hydrogen) atoms. The van der Waals surface area contributed by atoms with E-state index in [2.05, 4.69) is 4.74 Å². The molecule has 0 aromatic rings. The van der Waals surface area contributed by atoms with E-state index >= 15 is 0 Å². The molecule has 0 unspecified atom stereocenters. The fourth-order valence-corrected chi connectivity index (χ4v) is 2.26. The van der Waals surface area contributed by atoms with Crippen LogP contribution in [0.3, 0.4) is 0 Å². The Morgan fingerprint density at radius 3 is 2.00 bits per heavy atom. The average Bonchev–Trinajstić information content (AvgIpc) is 2.28. The maximum absolute atomic E-state index is 12.3. The highest BCUT2D eigenvalue weighted by atomic mass is 19.4. The molecule has 9 heteroatoms. The van der Waals surface area contributed by atoms with Crippen LogP contribution < -0.4 is 5.32 Å². The molecule has 0 saturated heterocycles. The molecule has 1 aliphatic rings. The third-order valence-electron chi connectivity index (χ3n) is 3.74. The number of carbonyl (C=O) groups is 1. The first-order chi connectivity index (χ1) is 9.41. The second-order valence-electron chi connectivity index (χ2n) is 5.46. The number of amides is 1. The maximum atomic E-state index is 12.3. The van der Waals surface area contributed by atoms with Crippen molar-refractivity contribution in [2.75, 3.05) is 0 Å². The first kappa shape index (κ1) is 17.9. The summed E-state index contributed by atoms with van der Waals surface area (Å²) in [4.78, 5) is 11.3. The van der Waals surface area contributed by atoms with Crippen LogP contribution in [0.4, 0.5) is 31.1 Å². The number of ether oxygens (including phenoxy) is 1. The van der Waals surface area contributed by atoms with Crippen molar-refractivity contribution < 1.29 is 35.9 Å². The summed E-state index contributed by atoms with van der Waals surface area (Å²) in [6, 6.07) is -3.92. The van der Waals surface area contributed by atoms with E-state index in [4.69, 9.17) is 0 Å². The summed E-state index contributed by atoms with van der Waals surface area (Å²) in [5, 5.41) is 0.859. The van der Waals surface area contributed by atoms with Crippen molar-refractivity contribution in [3.63, 3.8) is 0 Å². The zero-order chi connectivity index (χ0) is 16.4. The fourth-order valence-electron chi connectivity index (χ4n) is 2.26. The summed E-state index contributed by atoms with van der Waals surface area (Å²) < 4.78 is 78.3. The molecule has 1 rings (SSSR count). The predicted octanol–water partition coefficient (Wildman–Crippen LogP) is 4.03. The van der Waals surface area contributed by atoms with E-state index in [1.807, 2.05) is 13.8 Å². The monoisotopic (exact) mass is 321 g/mol. The van der Waals surface area contributed by atoms with Crippen LogP contribution in [0.5, 0.6) is 0 Å². The second-order valence-corrected chi connectivity index (χ2v) is 5.46. The lowest BCUT2D eigenvalue weighted by molar-refractivity contribution is -0.256. The van der Waals surface area contributed by atoms with Crippen LogP contribution in [0, 0.1) is 11.8 Å². The van der Waals surface area contributed by atoms with Crippen molar-refractivity contribution in [3.8, 4) is 0 Å². The third-order valence-corrected chi connectivity index (χ3v) is 3.74. The Kier molecular flexibility index (Phi) is 5.38. The van der Waals surface area contributed by atoms with Crippen molar-refractivity contribution in [1.29, 1.82) is 0 Å². The van der Waals surface area contributed by atoms with E-state index in [1.165, 1.54) is 0 Å². The lowest BCUT2D eigenvalue weighted by atomic mass is 9.80.